The zero-order chi connectivity index (χ0) is 29.2. The normalized spacial score (nSPS) is 14.0. The molecule has 0 aliphatic heterocycles. The summed E-state index contributed by atoms with van der Waals surface area (Å²) in [6.07, 6.45) is -3.11. The second kappa shape index (κ2) is 18.7. The van der Waals surface area contributed by atoms with Gasteiger partial charge in [0.25, 0.3) is 0 Å². The minimum absolute atomic E-state index is 0.117. The second-order valence-electron chi connectivity index (χ2n) is 9.21. The van der Waals surface area contributed by atoms with E-state index in [1.54, 1.807) is 14.2 Å². The van der Waals surface area contributed by atoms with Crippen LogP contribution in [0.5, 0.6) is 0 Å². The Hall–Kier alpha value is -2.70. The zero-order valence-electron chi connectivity index (χ0n) is 23.8. The minimum Gasteiger partial charge on any atom is -0.394 e. The summed E-state index contributed by atoms with van der Waals surface area (Å²) >= 11 is 0. The Morgan fingerprint density at radius 3 is 1.49 bits per heavy atom. The van der Waals surface area contributed by atoms with Crippen LogP contribution < -0.4 is 0 Å². The topological polar surface area (TPSA) is 105 Å². The van der Waals surface area contributed by atoms with E-state index < -0.39 is 30.5 Å². The van der Waals surface area contributed by atoms with E-state index in [9.17, 15) is 10.2 Å². The molecule has 3 atom stereocenters. The third-order valence-electron chi connectivity index (χ3n) is 6.51. The van der Waals surface area contributed by atoms with Crippen molar-refractivity contribution in [2.45, 2.75) is 23.9 Å². The molecule has 2 N–H and O–H groups in total. The van der Waals surface area contributed by atoms with E-state index >= 15 is 0 Å². The summed E-state index contributed by atoms with van der Waals surface area (Å²) in [5.41, 5.74) is 1.65. The quantitative estimate of drug-likeness (QED) is 0.113. The maximum atomic E-state index is 11.5. The summed E-state index contributed by atoms with van der Waals surface area (Å²) in [4.78, 5) is 0. The van der Waals surface area contributed by atoms with Gasteiger partial charge in [0, 0.05) is 14.2 Å². The molecule has 3 aromatic carbocycles. The van der Waals surface area contributed by atoms with E-state index in [1.165, 1.54) is 0 Å². The molecule has 0 amide bonds. The van der Waals surface area contributed by atoms with Crippen LogP contribution in [-0.2, 0) is 38.8 Å². The molecular weight excluding hydrogens is 528 g/mol. The number of aliphatic hydroxyl groups excluding tert-OH is 2. The lowest BCUT2D eigenvalue weighted by molar-refractivity contribution is -0.212. The number of methoxy groups -OCH3 is 2. The lowest BCUT2D eigenvalue weighted by Gasteiger charge is -2.38. The molecule has 0 heterocycles. The van der Waals surface area contributed by atoms with E-state index in [-0.39, 0.29) is 20.2 Å². The van der Waals surface area contributed by atoms with Crippen LogP contribution in [0.25, 0.3) is 0 Å². The molecule has 0 aromatic heterocycles. The van der Waals surface area contributed by atoms with Crippen LogP contribution in [0.4, 0.5) is 0 Å². The first-order valence-corrected chi connectivity index (χ1v) is 13.6. The fourth-order valence-electron chi connectivity index (χ4n) is 4.46. The lowest BCUT2D eigenvalue weighted by atomic mass is 9.80. The van der Waals surface area contributed by atoms with Crippen molar-refractivity contribution < 1.29 is 43.4 Å². The molecule has 0 radical (unpaired) electrons. The minimum atomic E-state index is -1.20. The number of hydrogen-bond donors (Lipinski definition) is 2. The SMILES string of the molecule is COCCOCO[C@H]([C@@H](O)COC(c1ccccc1)(c1ccccc1)c1ccccc1)[C@@H](CO)OCOCCOC. The number of hydrogen-bond acceptors (Lipinski definition) is 9. The predicted molar refractivity (Wildman–Crippen MR) is 153 cm³/mol. The average molecular weight is 571 g/mol. The van der Waals surface area contributed by atoms with E-state index in [2.05, 4.69) is 0 Å². The molecule has 0 spiro atoms. The monoisotopic (exact) mass is 570 g/mol. The van der Waals surface area contributed by atoms with E-state index in [1.807, 2.05) is 91.0 Å². The number of aliphatic hydroxyl groups is 2. The van der Waals surface area contributed by atoms with Crippen molar-refractivity contribution in [2.75, 3.05) is 67.4 Å². The molecule has 3 aromatic rings. The second-order valence-corrected chi connectivity index (χ2v) is 9.21. The van der Waals surface area contributed by atoms with Crippen molar-refractivity contribution in [2.24, 2.45) is 0 Å². The van der Waals surface area contributed by atoms with Crippen molar-refractivity contribution in [3.05, 3.63) is 108 Å². The van der Waals surface area contributed by atoms with Crippen molar-refractivity contribution >= 4 is 0 Å². The van der Waals surface area contributed by atoms with Gasteiger partial charge in [-0.05, 0) is 16.7 Å². The zero-order valence-corrected chi connectivity index (χ0v) is 23.8. The molecule has 0 unspecified atom stereocenters. The number of ether oxygens (including phenoxy) is 7. The highest BCUT2D eigenvalue weighted by molar-refractivity contribution is 5.47. The van der Waals surface area contributed by atoms with Crippen molar-refractivity contribution in [1.29, 1.82) is 0 Å². The van der Waals surface area contributed by atoms with Gasteiger partial charge in [-0.3, -0.25) is 0 Å². The molecule has 0 saturated carbocycles. The molecule has 0 fully saturated rings. The first-order chi connectivity index (χ1) is 20.2. The van der Waals surface area contributed by atoms with Crippen molar-refractivity contribution in [1.82, 2.24) is 0 Å². The van der Waals surface area contributed by atoms with Crippen LogP contribution in [0, 0.1) is 0 Å². The summed E-state index contributed by atoms with van der Waals surface area (Å²) in [5.74, 6) is 0. The van der Waals surface area contributed by atoms with Crippen molar-refractivity contribution in [3.8, 4) is 0 Å². The lowest BCUT2D eigenvalue weighted by Crippen LogP contribution is -2.47. The highest BCUT2D eigenvalue weighted by atomic mass is 16.7. The molecule has 3 rings (SSSR count). The van der Waals surface area contributed by atoms with E-state index in [0.29, 0.717) is 26.4 Å². The molecule has 0 aliphatic carbocycles. The maximum absolute atomic E-state index is 11.5. The van der Waals surface area contributed by atoms with Gasteiger partial charge in [0.2, 0.25) is 0 Å². The van der Waals surface area contributed by atoms with Gasteiger partial charge in [-0.2, -0.15) is 0 Å². The third kappa shape index (κ3) is 9.68. The van der Waals surface area contributed by atoms with Gasteiger partial charge in [0.1, 0.15) is 37.5 Å². The van der Waals surface area contributed by atoms with Crippen LogP contribution in [0.3, 0.4) is 0 Å². The van der Waals surface area contributed by atoms with Crippen LogP contribution in [0.2, 0.25) is 0 Å². The average Bonchev–Trinajstić information content (AvgIpc) is 3.03. The summed E-state index contributed by atoms with van der Waals surface area (Å²) in [5, 5.41) is 21.6. The molecular formula is C32H42O9. The Morgan fingerprint density at radius 1 is 0.634 bits per heavy atom. The van der Waals surface area contributed by atoms with Crippen LogP contribution >= 0.6 is 0 Å². The molecule has 41 heavy (non-hydrogen) atoms. The summed E-state index contributed by atoms with van der Waals surface area (Å²) < 4.78 is 39.3. The molecule has 224 valence electrons. The Labute approximate surface area is 242 Å². The van der Waals surface area contributed by atoms with Gasteiger partial charge < -0.3 is 43.4 Å². The molecule has 0 aliphatic rings. The van der Waals surface area contributed by atoms with Crippen LogP contribution in [0.15, 0.2) is 91.0 Å². The third-order valence-corrected chi connectivity index (χ3v) is 6.51. The standard InChI is InChI=1S/C32H42O9/c1-35-18-20-37-24-39-30(22-33)31(40-25-38-21-19-36-2)29(34)23-41-32(26-12-6-3-7-13-26,27-14-8-4-9-15-27)28-16-10-5-11-17-28/h3-17,29-31,33-34H,18-25H2,1-2H3/t29-,30+,31+/m0/s1. The summed E-state index contributed by atoms with van der Waals surface area (Å²) in [6, 6.07) is 29.6. The van der Waals surface area contributed by atoms with Gasteiger partial charge in [-0.25, -0.2) is 0 Å². The predicted octanol–water partition coefficient (Wildman–Crippen LogP) is 3.36. The van der Waals surface area contributed by atoms with E-state index in [0.717, 1.165) is 16.7 Å². The number of benzene rings is 3. The van der Waals surface area contributed by atoms with Gasteiger partial charge in [-0.1, -0.05) is 91.0 Å². The smallest absolute Gasteiger partial charge is 0.147 e. The van der Waals surface area contributed by atoms with Gasteiger partial charge >= 0.3 is 0 Å². The van der Waals surface area contributed by atoms with E-state index in [4.69, 9.17) is 33.2 Å². The van der Waals surface area contributed by atoms with Gasteiger partial charge in [0.15, 0.2) is 0 Å². The summed E-state index contributed by atoms with van der Waals surface area (Å²) in [7, 11) is 3.15. The fraction of sp³-hybridized carbons (Fsp3) is 0.438. The maximum Gasteiger partial charge on any atom is 0.147 e. The molecule has 9 heteroatoms. The van der Waals surface area contributed by atoms with Gasteiger partial charge in [0.05, 0.1) is 39.6 Å². The molecule has 9 nitrogen and oxygen atoms in total. The Balaban J connectivity index is 1.88. The Kier molecular flexibility index (Phi) is 14.9. The first-order valence-electron chi connectivity index (χ1n) is 13.6. The highest BCUT2D eigenvalue weighted by Gasteiger charge is 2.40. The largest absolute Gasteiger partial charge is 0.394 e. The molecule has 0 bridgehead atoms. The fourth-order valence-corrected chi connectivity index (χ4v) is 4.46. The van der Waals surface area contributed by atoms with Crippen LogP contribution in [0.1, 0.15) is 16.7 Å². The number of rotatable bonds is 21. The summed E-state index contributed by atoms with van der Waals surface area (Å²) in [6.45, 7) is 0.587. The first kappa shape index (κ1) is 32.8. The van der Waals surface area contributed by atoms with Gasteiger partial charge in [-0.15, -0.1) is 0 Å². The Morgan fingerprint density at radius 2 is 1.07 bits per heavy atom. The highest BCUT2D eigenvalue weighted by Crippen LogP contribution is 2.40. The Bertz CT molecular complexity index is 956. The van der Waals surface area contributed by atoms with Crippen LogP contribution in [-0.4, -0.2) is 96.0 Å². The van der Waals surface area contributed by atoms with Crippen molar-refractivity contribution in [3.63, 3.8) is 0 Å². The molecule has 0 saturated heterocycles.